The third-order valence-electron chi connectivity index (χ3n) is 3.53. The molecule has 1 saturated heterocycles. The van der Waals surface area contributed by atoms with E-state index in [1.165, 1.54) is 19.3 Å². The Labute approximate surface area is 103 Å². The molecule has 0 aromatic carbocycles. The fourth-order valence-electron chi connectivity index (χ4n) is 2.57. The van der Waals surface area contributed by atoms with Crippen LogP contribution in [-0.4, -0.2) is 22.6 Å². The molecule has 4 heteroatoms. The van der Waals surface area contributed by atoms with Gasteiger partial charge in [-0.2, -0.15) is 0 Å². The molecule has 17 heavy (non-hydrogen) atoms. The fraction of sp³-hybridized carbons (Fsp3) is 0.692. The quantitative estimate of drug-likeness (QED) is 0.872. The van der Waals surface area contributed by atoms with Gasteiger partial charge >= 0.3 is 0 Å². The lowest BCUT2D eigenvalue weighted by molar-refractivity contribution is 0.479. The number of aromatic nitrogens is 2. The summed E-state index contributed by atoms with van der Waals surface area (Å²) in [6.07, 6.45) is 7.44. The number of nitrogen functional groups attached to an aromatic ring is 1. The van der Waals surface area contributed by atoms with E-state index in [1.807, 2.05) is 0 Å². The highest BCUT2D eigenvalue weighted by atomic mass is 15.2. The Hall–Kier alpha value is -1.32. The summed E-state index contributed by atoms with van der Waals surface area (Å²) >= 11 is 0. The Bertz CT molecular complexity index is 378. The van der Waals surface area contributed by atoms with Crippen LogP contribution in [0.2, 0.25) is 0 Å². The van der Waals surface area contributed by atoms with Crippen LogP contribution in [0, 0.1) is 0 Å². The van der Waals surface area contributed by atoms with Crippen LogP contribution in [0.1, 0.15) is 45.1 Å². The molecule has 1 aliphatic heterocycles. The Kier molecular flexibility index (Phi) is 3.82. The van der Waals surface area contributed by atoms with E-state index in [1.54, 1.807) is 6.33 Å². The summed E-state index contributed by atoms with van der Waals surface area (Å²) in [5.74, 6) is 1.71. The van der Waals surface area contributed by atoms with Crippen molar-refractivity contribution in [1.29, 1.82) is 0 Å². The molecular formula is C13H22N4. The van der Waals surface area contributed by atoms with Crippen LogP contribution >= 0.6 is 0 Å². The average Bonchev–Trinajstić information content (AvgIpc) is 2.33. The SMILES string of the molecule is CCCc1c(N)ncnc1N1CCCCC1C. The largest absolute Gasteiger partial charge is 0.383 e. The summed E-state index contributed by atoms with van der Waals surface area (Å²) in [6, 6.07) is 0.564. The van der Waals surface area contributed by atoms with Gasteiger partial charge in [0.05, 0.1) is 0 Å². The monoisotopic (exact) mass is 234 g/mol. The van der Waals surface area contributed by atoms with Gasteiger partial charge in [-0.1, -0.05) is 13.3 Å². The topological polar surface area (TPSA) is 55.0 Å². The number of hydrogen-bond donors (Lipinski definition) is 1. The standard InChI is InChI=1S/C13H22N4/c1-3-6-11-12(14)15-9-16-13(11)17-8-5-4-7-10(17)2/h9-10H,3-8H2,1-2H3,(H2,14,15,16). The maximum absolute atomic E-state index is 5.98. The Morgan fingerprint density at radius 2 is 2.24 bits per heavy atom. The second-order valence-electron chi connectivity index (χ2n) is 4.85. The van der Waals surface area contributed by atoms with Crippen LogP contribution < -0.4 is 10.6 Å². The summed E-state index contributed by atoms with van der Waals surface area (Å²) in [7, 11) is 0. The molecule has 0 saturated carbocycles. The Morgan fingerprint density at radius 1 is 1.41 bits per heavy atom. The first-order valence-corrected chi connectivity index (χ1v) is 6.60. The van der Waals surface area contributed by atoms with Crippen LogP contribution in [0.25, 0.3) is 0 Å². The van der Waals surface area contributed by atoms with Gasteiger partial charge in [0.1, 0.15) is 18.0 Å². The summed E-state index contributed by atoms with van der Waals surface area (Å²) < 4.78 is 0. The molecule has 94 valence electrons. The van der Waals surface area contributed by atoms with Crippen molar-refractivity contribution in [3.8, 4) is 0 Å². The first kappa shape index (κ1) is 12.1. The molecule has 4 nitrogen and oxygen atoms in total. The maximum atomic E-state index is 5.98. The van der Waals surface area contributed by atoms with E-state index in [4.69, 9.17) is 5.73 Å². The molecule has 1 fully saturated rings. The van der Waals surface area contributed by atoms with Crippen molar-refractivity contribution in [3.63, 3.8) is 0 Å². The van der Waals surface area contributed by atoms with Gasteiger partial charge in [0.15, 0.2) is 0 Å². The fourth-order valence-corrected chi connectivity index (χ4v) is 2.57. The highest BCUT2D eigenvalue weighted by Crippen LogP contribution is 2.28. The third kappa shape index (κ3) is 2.51. The van der Waals surface area contributed by atoms with Crippen molar-refractivity contribution < 1.29 is 0 Å². The smallest absolute Gasteiger partial charge is 0.137 e. The molecule has 1 atom stereocenters. The lowest BCUT2D eigenvalue weighted by atomic mass is 10.0. The van der Waals surface area contributed by atoms with Crippen LogP contribution in [0.4, 0.5) is 11.6 Å². The first-order valence-electron chi connectivity index (χ1n) is 6.60. The van der Waals surface area contributed by atoms with E-state index >= 15 is 0 Å². The molecule has 0 radical (unpaired) electrons. The third-order valence-corrected chi connectivity index (χ3v) is 3.53. The van der Waals surface area contributed by atoms with Crippen molar-refractivity contribution in [2.75, 3.05) is 17.2 Å². The minimum absolute atomic E-state index is 0.564. The predicted octanol–water partition coefficient (Wildman–Crippen LogP) is 2.39. The van der Waals surface area contributed by atoms with Crippen molar-refractivity contribution in [2.45, 2.75) is 52.0 Å². The highest BCUT2D eigenvalue weighted by Gasteiger charge is 2.22. The molecule has 2 heterocycles. The molecule has 2 N–H and O–H groups in total. The van der Waals surface area contributed by atoms with Gasteiger partial charge in [0.25, 0.3) is 0 Å². The Balaban J connectivity index is 2.32. The molecule has 0 amide bonds. The molecule has 1 unspecified atom stereocenters. The molecule has 2 rings (SSSR count). The van der Waals surface area contributed by atoms with E-state index in [9.17, 15) is 0 Å². The van der Waals surface area contributed by atoms with Crippen molar-refractivity contribution in [1.82, 2.24) is 9.97 Å². The van der Waals surface area contributed by atoms with Gasteiger partial charge < -0.3 is 10.6 Å². The van der Waals surface area contributed by atoms with Crippen LogP contribution in [0.3, 0.4) is 0 Å². The molecular weight excluding hydrogens is 212 g/mol. The minimum atomic E-state index is 0.564. The van der Waals surface area contributed by atoms with E-state index in [0.29, 0.717) is 11.9 Å². The second kappa shape index (κ2) is 5.34. The molecule has 0 spiro atoms. The lowest BCUT2D eigenvalue weighted by Crippen LogP contribution is -2.38. The van der Waals surface area contributed by atoms with Gasteiger partial charge in [-0.3, -0.25) is 0 Å². The van der Waals surface area contributed by atoms with E-state index in [-0.39, 0.29) is 0 Å². The summed E-state index contributed by atoms with van der Waals surface area (Å²) in [5.41, 5.74) is 7.11. The number of piperidine rings is 1. The molecule has 1 aromatic heterocycles. The van der Waals surface area contributed by atoms with E-state index in [2.05, 4.69) is 28.7 Å². The second-order valence-corrected chi connectivity index (χ2v) is 4.85. The maximum Gasteiger partial charge on any atom is 0.137 e. The molecule has 0 bridgehead atoms. The van der Waals surface area contributed by atoms with Crippen molar-refractivity contribution >= 4 is 11.6 Å². The minimum Gasteiger partial charge on any atom is -0.383 e. The van der Waals surface area contributed by atoms with Crippen LogP contribution in [-0.2, 0) is 6.42 Å². The summed E-state index contributed by atoms with van der Waals surface area (Å²) in [4.78, 5) is 11.0. The van der Waals surface area contributed by atoms with Gasteiger partial charge in [0, 0.05) is 18.2 Å². The van der Waals surface area contributed by atoms with Gasteiger partial charge in [-0.25, -0.2) is 9.97 Å². The Morgan fingerprint density at radius 3 is 2.94 bits per heavy atom. The summed E-state index contributed by atoms with van der Waals surface area (Å²) in [6.45, 7) is 5.53. The highest BCUT2D eigenvalue weighted by molar-refractivity contribution is 5.57. The van der Waals surface area contributed by atoms with Gasteiger partial charge in [-0.15, -0.1) is 0 Å². The van der Waals surface area contributed by atoms with Gasteiger partial charge in [-0.05, 0) is 32.6 Å². The van der Waals surface area contributed by atoms with Crippen molar-refractivity contribution in [3.05, 3.63) is 11.9 Å². The van der Waals surface area contributed by atoms with E-state index in [0.717, 1.165) is 30.8 Å². The zero-order chi connectivity index (χ0) is 12.3. The number of nitrogens with two attached hydrogens (primary N) is 1. The van der Waals surface area contributed by atoms with Crippen molar-refractivity contribution in [2.24, 2.45) is 0 Å². The lowest BCUT2D eigenvalue weighted by Gasteiger charge is -2.35. The molecule has 1 aliphatic rings. The van der Waals surface area contributed by atoms with E-state index < -0.39 is 0 Å². The number of anilines is 2. The van der Waals surface area contributed by atoms with Crippen LogP contribution in [0.15, 0.2) is 6.33 Å². The number of nitrogens with zero attached hydrogens (tertiary/aromatic N) is 3. The first-order chi connectivity index (χ1) is 8.24. The molecule has 1 aromatic rings. The zero-order valence-corrected chi connectivity index (χ0v) is 10.8. The van der Waals surface area contributed by atoms with Gasteiger partial charge in [0.2, 0.25) is 0 Å². The normalized spacial score (nSPS) is 20.6. The number of rotatable bonds is 3. The average molecular weight is 234 g/mol. The van der Waals surface area contributed by atoms with Crippen LogP contribution in [0.5, 0.6) is 0 Å². The number of hydrogen-bond acceptors (Lipinski definition) is 4. The zero-order valence-electron chi connectivity index (χ0n) is 10.8. The predicted molar refractivity (Wildman–Crippen MR) is 71.1 cm³/mol. The molecule has 0 aliphatic carbocycles. The summed E-state index contributed by atoms with van der Waals surface area (Å²) in [5, 5.41) is 0.